The molecule has 0 unspecified atom stereocenters. The van der Waals surface area contributed by atoms with E-state index in [0.717, 1.165) is 68.0 Å². The molecule has 0 N–H and O–H groups in total. The van der Waals surface area contributed by atoms with E-state index in [1.54, 1.807) is 7.11 Å². The van der Waals surface area contributed by atoms with E-state index >= 15 is 0 Å². The summed E-state index contributed by atoms with van der Waals surface area (Å²) in [6.07, 6.45) is 1.00. The molecule has 1 aliphatic rings. The molecule has 1 fully saturated rings. The standard InChI is InChI=1S/C26H33N5O2S/c1-4-31-25(23-8-6-5-7-20(23)2)27-28-26(31)34-19-24(32)30-17-15-29(16-18-30)14-13-21-9-11-22(33-3)12-10-21/h5-12H,4,13-19H2,1-3H3. The van der Waals surface area contributed by atoms with Crippen LogP contribution < -0.4 is 4.74 Å². The van der Waals surface area contributed by atoms with Crippen LogP contribution in [0.15, 0.2) is 53.7 Å². The summed E-state index contributed by atoms with van der Waals surface area (Å²) >= 11 is 1.48. The molecule has 8 heteroatoms. The van der Waals surface area contributed by atoms with Gasteiger partial charge in [-0.2, -0.15) is 0 Å². The second-order valence-corrected chi connectivity index (χ2v) is 9.42. The third-order valence-electron chi connectivity index (χ3n) is 6.34. The van der Waals surface area contributed by atoms with Gasteiger partial charge in [-0.25, -0.2) is 0 Å². The molecule has 1 saturated heterocycles. The van der Waals surface area contributed by atoms with Crippen molar-refractivity contribution in [2.75, 3.05) is 45.6 Å². The van der Waals surface area contributed by atoms with Gasteiger partial charge in [0.15, 0.2) is 11.0 Å². The Balaban J connectivity index is 1.25. The Kier molecular flexibility index (Phi) is 8.24. The minimum absolute atomic E-state index is 0.169. The van der Waals surface area contributed by atoms with Crippen molar-refractivity contribution in [2.24, 2.45) is 0 Å². The summed E-state index contributed by atoms with van der Waals surface area (Å²) in [6, 6.07) is 16.4. The van der Waals surface area contributed by atoms with Gasteiger partial charge in [-0.05, 0) is 43.5 Å². The zero-order valence-corrected chi connectivity index (χ0v) is 21.1. The van der Waals surface area contributed by atoms with Gasteiger partial charge in [0.05, 0.1) is 12.9 Å². The fraction of sp³-hybridized carbons (Fsp3) is 0.423. The zero-order chi connectivity index (χ0) is 23.9. The summed E-state index contributed by atoms with van der Waals surface area (Å²) in [5.41, 5.74) is 3.56. The number of carbonyl (C=O) groups is 1. The van der Waals surface area contributed by atoms with Gasteiger partial charge in [-0.3, -0.25) is 9.69 Å². The van der Waals surface area contributed by atoms with Crippen LogP contribution in [0.3, 0.4) is 0 Å². The van der Waals surface area contributed by atoms with E-state index in [2.05, 4.69) is 57.8 Å². The smallest absolute Gasteiger partial charge is 0.233 e. The molecule has 4 rings (SSSR count). The van der Waals surface area contributed by atoms with Crippen LogP contribution in [-0.4, -0.2) is 76.1 Å². The van der Waals surface area contributed by atoms with Gasteiger partial charge >= 0.3 is 0 Å². The van der Waals surface area contributed by atoms with Crippen LogP contribution in [0.2, 0.25) is 0 Å². The number of benzene rings is 2. The van der Waals surface area contributed by atoms with Gasteiger partial charge in [0.2, 0.25) is 5.91 Å². The molecule has 2 heterocycles. The number of rotatable bonds is 9. The van der Waals surface area contributed by atoms with Crippen LogP contribution in [0.1, 0.15) is 18.1 Å². The number of piperazine rings is 1. The molecule has 0 bridgehead atoms. The summed E-state index contributed by atoms with van der Waals surface area (Å²) < 4.78 is 7.32. The molecule has 1 aliphatic heterocycles. The maximum absolute atomic E-state index is 12.9. The lowest BCUT2D eigenvalue weighted by Gasteiger charge is -2.34. The van der Waals surface area contributed by atoms with Gasteiger partial charge in [0.25, 0.3) is 0 Å². The molecule has 0 atom stereocenters. The first kappa shape index (κ1) is 24.3. The van der Waals surface area contributed by atoms with Gasteiger partial charge in [0.1, 0.15) is 5.75 Å². The Bertz CT molecular complexity index is 1090. The predicted octanol–water partition coefficient (Wildman–Crippen LogP) is 3.76. The lowest BCUT2D eigenvalue weighted by atomic mass is 10.1. The van der Waals surface area contributed by atoms with Gasteiger partial charge < -0.3 is 14.2 Å². The zero-order valence-electron chi connectivity index (χ0n) is 20.2. The average molecular weight is 480 g/mol. The molecule has 0 spiro atoms. The van der Waals surface area contributed by atoms with Crippen LogP contribution in [0.5, 0.6) is 5.75 Å². The highest BCUT2D eigenvalue weighted by Crippen LogP contribution is 2.26. The maximum atomic E-state index is 12.9. The van der Waals surface area contributed by atoms with Crippen molar-refractivity contribution in [3.63, 3.8) is 0 Å². The summed E-state index contributed by atoms with van der Waals surface area (Å²) in [5.74, 6) is 2.30. The molecule has 34 heavy (non-hydrogen) atoms. The van der Waals surface area contributed by atoms with Crippen LogP contribution in [0, 0.1) is 6.92 Å². The minimum Gasteiger partial charge on any atom is -0.497 e. The first-order valence-electron chi connectivity index (χ1n) is 11.8. The normalized spacial score (nSPS) is 14.4. The van der Waals surface area contributed by atoms with Crippen LogP contribution in [-0.2, 0) is 17.8 Å². The van der Waals surface area contributed by atoms with Gasteiger partial charge in [-0.15, -0.1) is 10.2 Å². The molecule has 1 amide bonds. The Morgan fingerprint density at radius 2 is 1.76 bits per heavy atom. The van der Waals surface area contributed by atoms with Gasteiger partial charge in [-0.1, -0.05) is 48.2 Å². The molecule has 7 nitrogen and oxygen atoms in total. The van der Waals surface area contributed by atoms with E-state index in [0.29, 0.717) is 5.75 Å². The number of carbonyl (C=O) groups excluding carboxylic acids is 1. The summed E-state index contributed by atoms with van der Waals surface area (Å²) in [7, 11) is 1.69. The van der Waals surface area contributed by atoms with Crippen molar-refractivity contribution >= 4 is 17.7 Å². The average Bonchev–Trinajstić information content (AvgIpc) is 3.29. The van der Waals surface area contributed by atoms with Crippen LogP contribution in [0.4, 0.5) is 0 Å². The molecular formula is C26H33N5O2S. The van der Waals surface area contributed by atoms with E-state index in [9.17, 15) is 4.79 Å². The van der Waals surface area contributed by atoms with Crippen LogP contribution in [0.25, 0.3) is 11.4 Å². The quantitative estimate of drug-likeness (QED) is 0.436. The second-order valence-electron chi connectivity index (χ2n) is 8.47. The Morgan fingerprint density at radius 3 is 2.44 bits per heavy atom. The highest BCUT2D eigenvalue weighted by atomic mass is 32.2. The first-order chi connectivity index (χ1) is 16.6. The Labute approximate surface area is 206 Å². The largest absolute Gasteiger partial charge is 0.497 e. The fourth-order valence-electron chi connectivity index (χ4n) is 4.22. The molecule has 0 radical (unpaired) electrons. The SMILES string of the molecule is CCn1c(SCC(=O)N2CCN(CCc3ccc(OC)cc3)CC2)nnc1-c1ccccc1C. The lowest BCUT2D eigenvalue weighted by molar-refractivity contribution is -0.130. The van der Waals surface area contributed by atoms with Crippen molar-refractivity contribution in [2.45, 2.75) is 32.0 Å². The topological polar surface area (TPSA) is 63.5 Å². The predicted molar refractivity (Wildman–Crippen MR) is 136 cm³/mol. The van der Waals surface area contributed by atoms with Crippen molar-refractivity contribution in [3.8, 4) is 17.1 Å². The number of methoxy groups -OCH3 is 1. The second kappa shape index (κ2) is 11.5. The number of hydrogen-bond acceptors (Lipinski definition) is 6. The van der Waals surface area contributed by atoms with Crippen molar-refractivity contribution in [3.05, 3.63) is 59.7 Å². The summed E-state index contributed by atoms with van der Waals surface area (Å²) in [4.78, 5) is 17.3. The molecule has 2 aromatic carbocycles. The van der Waals surface area contributed by atoms with Crippen molar-refractivity contribution in [1.29, 1.82) is 0 Å². The number of ether oxygens (including phenoxy) is 1. The molecule has 0 aliphatic carbocycles. The number of amides is 1. The molecule has 0 saturated carbocycles. The number of nitrogens with zero attached hydrogens (tertiary/aromatic N) is 5. The molecule has 180 valence electrons. The number of aromatic nitrogens is 3. The van der Waals surface area contributed by atoms with E-state index in [-0.39, 0.29) is 5.91 Å². The van der Waals surface area contributed by atoms with Crippen LogP contribution >= 0.6 is 11.8 Å². The summed E-state index contributed by atoms with van der Waals surface area (Å²) in [6.45, 7) is 9.31. The highest BCUT2D eigenvalue weighted by molar-refractivity contribution is 7.99. The fourth-order valence-corrected chi connectivity index (χ4v) is 5.13. The Hall–Kier alpha value is -2.84. The first-order valence-corrected chi connectivity index (χ1v) is 12.8. The van der Waals surface area contributed by atoms with Crippen molar-refractivity contribution in [1.82, 2.24) is 24.6 Å². The monoisotopic (exact) mass is 479 g/mol. The van der Waals surface area contributed by atoms with E-state index in [1.165, 1.54) is 22.9 Å². The molecular weight excluding hydrogens is 446 g/mol. The number of thioether (sulfide) groups is 1. The minimum atomic E-state index is 0.169. The lowest BCUT2D eigenvalue weighted by Crippen LogP contribution is -2.49. The van der Waals surface area contributed by atoms with Gasteiger partial charge in [0, 0.05) is 44.8 Å². The van der Waals surface area contributed by atoms with E-state index in [4.69, 9.17) is 4.74 Å². The van der Waals surface area contributed by atoms with E-state index < -0.39 is 0 Å². The maximum Gasteiger partial charge on any atom is 0.233 e. The number of aryl methyl sites for hydroxylation is 1. The number of hydrogen-bond donors (Lipinski definition) is 0. The molecule has 3 aromatic rings. The van der Waals surface area contributed by atoms with E-state index in [1.807, 2.05) is 29.2 Å². The highest BCUT2D eigenvalue weighted by Gasteiger charge is 2.22. The molecule has 1 aromatic heterocycles. The third-order valence-corrected chi connectivity index (χ3v) is 7.30. The Morgan fingerprint density at radius 1 is 1.03 bits per heavy atom. The third kappa shape index (κ3) is 5.80. The van der Waals surface area contributed by atoms with Crippen molar-refractivity contribution < 1.29 is 9.53 Å². The summed E-state index contributed by atoms with van der Waals surface area (Å²) in [5, 5.41) is 9.61.